The van der Waals surface area contributed by atoms with E-state index in [0.29, 0.717) is 18.2 Å². The Balaban J connectivity index is 1.70. The molecule has 1 aliphatic heterocycles. The molecule has 25 heavy (non-hydrogen) atoms. The lowest BCUT2D eigenvalue weighted by atomic mass is 9.95. The minimum atomic E-state index is -0.231. The first-order chi connectivity index (χ1) is 12.1. The van der Waals surface area contributed by atoms with Crippen LogP contribution in [0, 0.1) is 0 Å². The molecule has 5 nitrogen and oxygen atoms in total. The van der Waals surface area contributed by atoms with E-state index in [4.69, 9.17) is 0 Å². The smallest absolute Gasteiger partial charge is 0.251 e. The van der Waals surface area contributed by atoms with Gasteiger partial charge >= 0.3 is 0 Å². The van der Waals surface area contributed by atoms with Crippen molar-refractivity contribution < 1.29 is 9.59 Å². The molecule has 0 radical (unpaired) electrons. The Labute approximate surface area is 148 Å². The average molecular weight is 337 g/mol. The number of amides is 2. The highest BCUT2D eigenvalue weighted by Gasteiger charge is 2.29. The Bertz CT molecular complexity index is 759. The van der Waals surface area contributed by atoms with Gasteiger partial charge in [-0.1, -0.05) is 36.4 Å². The van der Waals surface area contributed by atoms with Gasteiger partial charge in [-0.05, 0) is 44.3 Å². The Morgan fingerprint density at radius 3 is 2.48 bits per heavy atom. The second-order valence-electron chi connectivity index (χ2n) is 6.42. The third-order valence-electron chi connectivity index (χ3n) is 4.57. The van der Waals surface area contributed by atoms with Gasteiger partial charge in [-0.15, -0.1) is 0 Å². The normalized spacial score (nSPS) is 16.4. The minimum absolute atomic E-state index is 0.00527. The van der Waals surface area contributed by atoms with Crippen LogP contribution in [-0.2, 0) is 4.79 Å². The molecular weight excluding hydrogens is 314 g/mol. The number of nitrogens with zero attached hydrogens (tertiary/aromatic N) is 2. The number of carbonyl (C=O) groups is 2. The monoisotopic (exact) mass is 337 g/mol. The van der Waals surface area contributed by atoms with Gasteiger partial charge in [0.25, 0.3) is 5.91 Å². The van der Waals surface area contributed by atoms with Crippen LogP contribution in [0.5, 0.6) is 0 Å². The molecule has 0 saturated carbocycles. The third-order valence-corrected chi connectivity index (χ3v) is 4.57. The number of hydrogen-bond acceptors (Lipinski definition) is 3. The zero-order chi connectivity index (χ0) is 17.8. The number of nitrogens with one attached hydrogen (secondary N) is 1. The van der Waals surface area contributed by atoms with Gasteiger partial charge in [-0.3, -0.25) is 9.59 Å². The molecule has 0 fully saturated rings. The van der Waals surface area contributed by atoms with Crippen molar-refractivity contribution in [3.8, 4) is 0 Å². The molecule has 2 amide bonds. The second kappa shape index (κ2) is 7.49. The summed E-state index contributed by atoms with van der Waals surface area (Å²) in [4.78, 5) is 28.8. The Morgan fingerprint density at radius 2 is 1.76 bits per heavy atom. The van der Waals surface area contributed by atoms with Crippen LogP contribution in [0.1, 0.15) is 28.4 Å². The lowest BCUT2D eigenvalue weighted by Crippen LogP contribution is -2.44. The first-order valence-corrected chi connectivity index (χ1v) is 8.47. The van der Waals surface area contributed by atoms with E-state index in [0.717, 1.165) is 17.7 Å². The van der Waals surface area contributed by atoms with Crippen molar-refractivity contribution in [3.63, 3.8) is 0 Å². The maximum absolute atomic E-state index is 12.7. The zero-order valence-corrected chi connectivity index (χ0v) is 14.6. The SMILES string of the molecule is CN(C)C1CCN(C(=O)CNC(=O)c2ccccc2)c2ccccc21. The van der Waals surface area contributed by atoms with Gasteiger partial charge in [0.2, 0.25) is 5.91 Å². The summed E-state index contributed by atoms with van der Waals surface area (Å²) in [5.74, 6) is -0.320. The minimum Gasteiger partial charge on any atom is -0.343 e. The van der Waals surface area contributed by atoms with Gasteiger partial charge in [-0.2, -0.15) is 0 Å². The molecule has 2 aromatic carbocycles. The molecule has 5 heteroatoms. The molecule has 0 saturated heterocycles. The summed E-state index contributed by atoms with van der Waals surface area (Å²) in [6.45, 7) is 0.647. The number of fused-ring (bicyclic) bond motifs is 1. The number of carbonyl (C=O) groups excluding carboxylic acids is 2. The van der Waals surface area contributed by atoms with Gasteiger partial charge < -0.3 is 15.1 Å². The van der Waals surface area contributed by atoms with E-state index in [2.05, 4.69) is 30.4 Å². The van der Waals surface area contributed by atoms with E-state index < -0.39 is 0 Å². The molecule has 0 bridgehead atoms. The van der Waals surface area contributed by atoms with Crippen molar-refractivity contribution in [1.29, 1.82) is 0 Å². The summed E-state index contributed by atoms with van der Waals surface area (Å²) in [6.07, 6.45) is 0.877. The Hall–Kier alpha value is -2.66. The topological polar surface area (TPSA) is 52.6 Å². The highest BCUT2D eigenvalue weighted by Crippen LogP contribution is 2.36. The molecule has 0 spiro atoms. The lowest BCUT2D eigenvalue weighted by molar-refractivity contribution is -0.117. The fourth-order valence-corrected chi connectivity index (χ4v) is 3.28. The van der Waals surface area contributed by atoms with Crippen LogP contribution in [-0.4, -0.2) is 43.9 Å². The fourth-order valence-electron chi connectivity index (χ4n) is 3.28. The van der Waals surface area contributed by atoms with E-state index in [1.807, 2.05) is 24.3 Å². The van der Waals surface area contributed by atoms with E-state index in [1.54, 1.807) is 29.2 Å². The van der Waals surface area contributed by atoms with Crippen molar-refractivity contribution >= 4 is 17.5 Å². The predicted octanol–water partition coefficient (Wildman–Crippen LogP) is 2.46. The summed E-state index contributed by atoms with van der Waals surface area (Å²) >= 11 is 0. The van der Waals surface area contributed by atoms with Crippen molar-refractivity contribution in [2.75, 3.05) is 32.1 Å². The van der Waals surface area contributed by atoms with Crippen LogP contribution in [0.4, 0.5) is 5.69 Å². The lowest BCUT2D eigenvalue weighted by Gasteiger charge is -2.37. The van der Waals surface area contributed by atoms with Crippen LogP contribution in [0.25, 0.3) is 0 Å². The largest absolute Gasteiger partial charge is 0.343 e. The molecule has 1 atom stereocenters. The number of anilines is 1. The highest BCUT2D eigenvalue weighted by atomic mass is 16.2. The second-order valence-corrected chi connectivity index (χ2v) is 6.42. The zero-order valence-electron chi connectivity index (χ0n) is 14.6. The third kappa shape index (κ3) is 3.72. The van der Waals surface area contributed by atoms with E-state index in [-0.39, 0.29) is 18.4 Å². The maximum atomic E-state index is 12.7. The van der Waals surface area contributed by atoms with Gasteiger partial charge in [0.1, 0.15) is 0 Å². The molecule has 3 rings (SSSR count). The van der Waals surface area contributed by atoms with Gasteiger partial charge in [0.15, 0.2) is 0 Å². The van der Waals surface area contributed by atoms with Crippen molar-refractivity contribution in [3.05, 3.63) is 65.7 Å². The summed E-state index contributed by atoms with van der Waals surface area (Å²) < 4.78 is 0. The molecule has 130 valence electrons. The maximum Gasteiger partial charge on any atom is 0.251 e. The van der Waals surface area contributed by atoms with Gasteiger partial charge in [-0.25, -0.2) is 0 Å². The van der Waals surface area contributed by atoms with E-state index in [9.17, 15) is 9.59 Å². The summed E-state index contributed by atoms with van der Waals surface area (Å²) in [6, 6.07) is 17.2. The molecule has 2 aromatic rings. The van der Waals surface area contributed by atoms with Crippen molar-refractivity contribution in [2.45, 2.75) is 12.5 Å². The molecule has 1 aliphatic rings. The fraction of sp³-hybridized carbons (Fsp3) is 0.300. The molecular formula is C20H23N3O2. The number of para-hydroxylation sites is 1. The summed E-state index contributed by atoms with van der Waals surface area (Å²) in [5, 5.41) is 2.72. The predicted molar refractivity (Wildman–Crippen MR) is 98.6 cm³/mol. The molecule has 1 heterocycles. The van der Waals surface area contributed by atoms with Crippen LogP contribution in [0.3, 0.4) is 0 Å². The van der Waals surface area contributed by atoms with Crippen LogP contribution < -0.4 is 10.2 Å². The number of hydrogen-bond donors (Lipinski definition) is 1. The summed E-state index contributed by atoms with van der Waals surface area (Å²) in [7, 11) is 4.11. The molecule has 0 aromatic heterocycles. The molecule has 1 unspecified atom stereocenters. The van der Waals surface area contributed by atoms with Crippen LogP contribution in [0.15, 0.2) is 54.6 Å². The number of rotatable bonds is 4. The van der Waals surface area contributed by atoms with Gasteiger partial charge in [0.05, 0.1) is 6.54 Å². The van der Waals surface area contributed by atoms with Crippen molar-refractivity contribution in [1.82, 2.24) is 10.2 Å². The Kier molecular flexibility index (Phi) is 5.14. The van der Waals surface area contributed by atoms with Gasteiger partial charge in [0, 0.05) is 23.8 Å². The summed E-state index contributed by atoms with van der Waals surface area (Å²) in [5.41, 5.74) is 2.65. The van der Waals surface area contributed by atoms with E-state index in [1.165, 1.54) is 0 Å². The van der Waals surface area contributed by atoms with Crippen LogP contribution in [0.2, 0.25) is 0 Å². The average Bonchev–Trinajstić information content (AvgIpc) is 2.65. The van der Waals surface area contributed by atoms with E-state index >= 15 is 0 Å². The van der Waals surface area contributed by atoms with Crippen LogP contribution >= 0.6 is 0 Å². The molecule has 0 aliphatic carbocycles. The Morgan fingerprint density at radius 1 is 1.08 bits per heavy atom. The standard InChI is InChI=1S/C20H23N3O2/c1-22(2)17-12-13-23(18-11-7-6-10-16(17)18)19(24)14-21-20(25)15-8-4-3-5-9-15/h3-11,17H,12-14H2,1-2H3,(H,21,25). The first kappa shape index (κ1) is 17.2. The van der Waals surface area contributed by atoms with Crippen molar-refractivity contribution in [2.24, 2.45) is 0 Å². The quantitative estimate of drug-likeness (QED) is 0.932. The first-order valence-electron chi connectivity index (χ1n) is 8.47. The number of benzene rings is 2. The highest BCUT2D eigenvalue weighted by molar-refractivity contribution is 6.01. The molecule has 1 N–H and O–H groups in total.